The SMILES string of the molecule is N[C@H]1C(O)O[C@H](COS(=O)(=O)O)[C@H](OS(=O)(=O)O)[C@@H]1O. The van der Waals surface area contributed by atoms with Crippen molar-refractivity contribution in [2.75, 3.05) is 6.61 Å². The summed E-state index contributed by atoms with van der Waals surface area (Å²) in [7, 11) is -9.91. The first-order chi connectivity index (χ1) is 8.91. The first-order valence-corrected chi connectivity index (χ1v) is 7.68. The average Bonchev–Trinajstić information content (AvgIpc) is 2.25. The quantitative estimate of drug-likeness (QED) is 0.308. The molecule has 1 aliphatic rings. The van der Waals surface area contributed by atoms with Crippen LogP contribution in [0, 0.1) is 0 Å². The molecule has 0 saturated carbocycles. The van der Waals surface area contributed by atoms with Crippen molar-refractivity contribution in [1.29, 1.82) is 0 Å². The molecule has 1 saturated heterocycles. The van der Waals surface area contributed by atoms with Crippen molar-refractivity contribution < 1.29 is 49.3 Å². The molecule has 0 aliphatic carbocycles. The second-order valence-corrected chi connectivity index (χ2v) is 5.97. The molecule has 0 bridgehead atoms. The van der Waals surface area contributed by atoms with Crippen molar-refractivity contribution in [2.45, 2.75) is 30.6 Å². The lowest BCUT2D eigenvalue weighted by molar-refractivity contribution is -0.241. The van der Waals surface area contributed by atoms with Crippen LogP contribution in [0.3, 0.4) is 0 Å². The first kappa shape index (κ1) is 17.6. The number of ether oxygens (including phenoxy) is 1. The van der Waals surface area contributed by atoms with Crippen molar-refractivity contribution >= 4 is 20.8 Å². The molecule has 0 aromatic heterocycles. The van der Waals surface area contributed by atoms with Crippen molar-refractivity contribution in [3.8, 4) is 0 Å². The van der Waals surface area contributed by atoms with Crippen LogP contribution in [0.15, 0.2) is 0 Å². The highest BCUT2D eigenvalue weighted by Gasteiger charge is 2.46. The standard InChI is InChI=1S/C6H13NO11S2/c7-3-4(8)5(18-20(13,14)15)2(17-6(3)9)1-16-19(10,11)12/h2-6,8-9H,1,7H2,(H,10,11,12)(H,13,14,15)/t2-,3-,4-,5+,6?/m1/s1. The van der Waals surface area contributed by atoms with Gasteiger partial charge in [-0.25, -0.2) is 8.37 Å². The molecule has 6 N–H and O–H groups in total. The summed E-state index contributed by atoms with van der Waals surface area (Å²) in [6.07, 6.45) is -7.11. The largest absolute Gasteiger partial charge is 0.397 e. The Morgan fingerprint density at radius 2 is 1.65 bits per heavy atom. The van der Waals surface area contributed by atoms with Crippen molar-refractivity contribution in [3.63, 3.8) is 0 Å². The molecule has 120 valence electrons. The molecule has 0 aromatic carbocycles. The Hall–Kier alpha value is -0.420. The molecule has 1 heterocycles. The summed E-state index contributed by atoms with van der Waals surface area (Å²) in [5, 5.41) is 19.0. The molecule has 0 aromatic rings. The Labute approximate surface area is 114 Å². The van der Waals surface area contributed by atoms with Crippen molar-refractivity contribution in [1.82, 2.24) is 0 Å². The minimum absolute atomic E-state index is 1.00. The maximum absolute atomic E-state index is 10.6. The smallest absolute Gasteiger partial charge is 0.388 e. The minimum atomic E-state index is -5.03. The lowest BCUT2D eigenvalue weighted by Gasteiger charge is -2.39. The maximum atomic E-state index is 10.6. The van der Waals surface area contributed by atoms with Crippen LogP contribution >= 0.6 is 0 Å². The Balaban J connectivity index is 2.90. The predicted molar refractivity (Wildman–Crippen MR) is 58.8 cm³/mol. The van der Waals surface area contributed by atoms with E-state index in [0.29, 0.717) is 0 Å². The highest BCUT2D eigenvalue weighted by atomic mass is 32.3. The van der Waals surface area contributed by atoms with E-state index in [4.69, 9.17) is 19.6 Å². The second-order valence-electron chi connectivity index (χ2n) is 3.83. The molecule has 5 atom stereocenters. The van der Waals surface area contributed by atoms with E-state index in [1.54, 1.807) is 0 Å². The van der Waals surface area contributed by atoms with Gasteiger partial charge >= 0.3 is 20.8 Å². The van der Waals surface area contributed by atoms with Gasteiger partial charge in [0, 0.05) is 0 Å². The molecule has 1 fully saturated rings. The number of aliphatic hydroxyl groups is 2. The first-order valence-electron chi connectivity index (χ1n) is 4.95. The fourth-order valence-electron chi connectivity index (χ4n) is 1.50. The Bertz CT molecular complexity index is 529. The van der Waals surface area contributed by atoms with Crippen LogP contribution in [-0.2, 0) is 33.9 Å². The fourth-order valence-corrected chi connectivity index (χ4v) is 2.33. The number of nitrogens with two attached hydrogens (primary N) is 1. The molecule has 20 heavy (non-hydrogen) atoms. The van der Waals surface area contributed by atoms with Crippen LogP contribution in [-0.4, -0.2) is 73.4 Å². The highest BCUT2D eigenvalue weighted by Crippen LogP contribution is 2.23. The van der Waals surface area contributed by atoms with Gasteiger partial charge in [0.15, 0.2) is 6.29 Å². The summed E-state index contributed by atoms with van der Waals surface area (Å²) in [4.78, 5) is 0. The average molecular weight is 339 g/mol. The summed E-state index contributed by atoms with van der Waals surface area (Å²) in [5.74, 6) is 0. The molecule has 14 heteroatoms. The number of rotatable bonds is 5. The van der Waals surface area contributed by atoms with Crippen LogP contribution in [0.2, 0.25) is 0 Å². The zero-order chi connectivity index (χ0) is 15.7. The Morgan fingerprint density at radius 1 is 1.10 bits per heavy atom. The third kappa shape index (κ3) is 5.17. The molecule has 0 amide bonds. The molecule has 0 spiro atoms. The molecular formula is C6H13NO11S2. The fraction of sp³-hybridized carbons (Fsp3) is 1.00. The van der Waals surface area contributed by atoms with Gasteiger partial charge in [-0.15, -0.1) is 0 Å². The third-order valence-electron chi connectivity index (χ3n) is 2.35. The van der Waals surface area contributed by atoms with Crippen LogP contribution in [0.4, 0.5) is 0 Å². The van der Waals surface area contributed by atoms with E-state index >= 15 is 0 Å². The van der Waals surface area contributed by atoms with E-state index < -0.39 is 58.0 Å². The van der Waals surface area contributed by atoms with Gasteiger partial charge in [-0.1, -0.05) is 0 Å². The zero-order valence-electron chi connectivity index (χ0n) is 9.63. The summed E-state index contributed by atoms with van der Waals surface area (Å²) in [6.45, 7) is -1.00. The summed E-state index contributed by atoms with van der Waals surface area (Å²) < 4.78 is 71.8. The Morgan fingerprint density at radius 3 is 2.10 bits per heavy atom. The molecule has 1 aliphatic heterocycles. The lowest BCUT2D eigenvalue weighted by Crippen LogP contribution is -2.63. The van der Waals surface area contributed by atoms with Gasteiger partial charge in [0.05, 0.1) is 12.6 Å². The molecular weight excluding hydrogens is 326 g/mol. The van der Waals surface area contributed by atoms with E-state index in [-0.39, 0.29) is 0 Å². The van der Waals surface area contributed by atoms with Gasteiger partial charge in [-0.3, -0.25) is 9.11 Å². The maximum Gasteiger partial charge on any atom is 0.397 e. The summed E-state index contributed by atoms with van der Waals surface area (Å²) in [6, 6.07) is -1.48. The minimum Gasteiger partial charge on any atom is -0.388 e. The van der Waals surface area contributed by atoms with Crippen molar-refractivity contribution in [3.05, 3.63) is 0 Å². The summed E-state index contributed by atoms with van der Waals surface area (Å²) >= 11 is 0. The molecule has 12 nitrogen and oxygen atoms in total. The van der Waals surface area contributed by atoms with Crippen molar-refractivity contribution in [2.24, 2.45) is 5.73 Å². The van der Waals surface area contributed by atoms with Gasteiger partial charge < -0.3 is 20.7 Å². The van der Waals surface area contributed by atoms with Crippen LogP contribution in [0.5, 0.6) is 0 Å². The molecule has 1 unspecified atom stereocenters. The van der Waals surface area contributed by atoms with E-state index in [1.165, 1.54) is 0 Å². The molecule has 1 rings (SSSR count). The van der Waals surface area contributed by atoms with E-state index in [2.05, 4.69) is 8.37 Å². The number of aliphatic hydroxyl groups excluding tert-OH is 2. The van der Waals surface area contributed by atoms with Gasteiger partial charge in [-0.05, 0) is 0 Å². The van der Waals surface area contributed by atoms with Crippen LogP contribution in [0.25, 0.3) is 0 Å². The van der Waals surface area contributed by atoms with Crippen LogP contribution in [0.1, 0.15) is 0 Å². The van der Waals surface area contributed by atoms with E-state index in [0.717, 1.165) is 0 Å². The van der Waals surface area contributed by atoms with Gasteiger partial charge in [0.2, 0.25) is 0 Å². The van der Waals surface area contributed by atoms with Crippen LogP contribution < -0.4 is 5.73 Å². The number of hydrogen-bond donors (Lipinski definition) is 5. The van der Waals surface area contributed by atoms with E-state index in [1.807, 2.05) is 0 Å². The van der Waals surface area contributed by atoms with Gasteiger partial charge in [0.1, 0.15) is 18.3 Å². The summed E-state index contributed by atoms with van der Waals surface area (Å²) in [5.41, 5.74) is 5.29. The number of hydrogen-bond acceptors (Lipinski definition) is 10. The Kier molecular flexibility index (Phi) is 5.41. The van der Waals surface area contributed by atoms with Gasteiger partial charge in [-0.2, -0.15) is 16.8 Å². The predicted octanol–water partition coefficient (Wildman–Crippen LogP) is -3.60. The third-order valence-corrected chi connectivity index (χ3v) is 3.25. The topological polar surface area (TPSA) is 203 Å². The zero-order valence-corrected chi connectivity index (χ0v) is 11.3. The second kappa shape index (κ2) is 6.14. The van der Waals surface area contributed by atoms with E-state index in [9.17, 15) is 27.0 Å². The molecule has 0 radical (unpaired) electrons. The monoisotopic (exact) mass is 339 g/mol. The van der Waals surface area contributed by atoms with Gasteiger partial charge in [0.25, 0.3) is 0 Å². The highest BCUT2D eigenvalue weighted by molar-refractivity contribution is 7.81. The lowest BCUT2D eigenvalue weighted by atomic mass is 9.98. The normalized spacial score (nSPS) is 36.0.